The highest BCUT2D eigenvalue weighted by Crippen LogP contribution is 2.57. The average Bonchev–Trinajstić information content (AvgIpc) is 2.85. The number of aryl methyl sites for hydroxylation is 2. The number of hydrogen-bond donors (Lipinski definition) is 1. The zero-order chi connectivity index (χ0) is 16.0. The van der Waals surface area contributed by atoms with E-state index in [9.17, 15) is 9.90 Å². The van der Waals surface area contributed by atoms with Crippen LogP contribution in [-0.2, 0) is 11.2 Å². The number of aromatic nitrogens is 1. The average molecular weight is 306 g/mol. The van der Waals surface area contributed by atoms with Crippen LogP contribution < -0.4 is 0 Å². The van der Waals surface area contributed by atoms with Crippen LogP contribution in [-0.4, -0.2) is 39.8 Å². The molecule has 0 bridgehead atoms. The van der Waals surface area contributed by atoms with Crippen molar-refractivity contribution in [2.45, 2.75) is 64.9 Å². The summed E-state index contributed by atoms with van der Waals surface area (Å²) in [7, 11) is 0. The smallest absolute Gasteiger partial charge is 0.227 e. The summed E-state index contributed by atoms with van der Waals surface area (Å²) in [5.41, 5.74) is 1.28. The Morgan fingerprint density at radius 3 is 2.41 bits per heavy atom. The van der Waals surface area contributed by atoms with Crippen LogP contribution in [0.5, 0.6) is 0 Å². The zero-order valence-corrected chi connectivity index (χ0v) is 13.8. The molecule has 1 saturated carbocycles. The van der Waals surface area contributed by atoms with Crippen molar-refractivity contribution in [3.05, 3.63) is 17.0 Å². The lowest BCUT2D eigenvalue weighted by Gasteiger charge is -2.59. The molecule has 1 N–H and O–H groups in total. The summed E-state index contributed by atoms with van der Waals surface area (Å²) in [5, 5.41) is 14.6. The Morgan fingerprint density at radius 2 is 1.95 bits per heavy atom. The predicted molar refractivity (Wildman–Crippen MR) is 82.4 cm³/mol. The second-order valence-electron chi connectivity index (χ2n) is 7.03. The fraction of sp³-hybridized carbons (Fsp3) is 0.765. The van der Waals surface area contributed by atoms with E-state index in [1.54, 1.807) is 0 Å². The van der Waals surface area contributed by atoms with Gasteiger partial charge in [-0.05, 0) is 46.0 Å². The van der Waals surface area contributed by atoms with Crippen LogP contribution in [0.2, 0.25) is 0 Å². The number of rotatable bonds is 3. The van der Waals surface area contributed by atoms with Crippen LogP contribution >= 0.6 is 0 Å². The Morgan fingerprint density at radius 1 is 1.27 bits per heavy atom. The molecule has 2 aliphatic rings. The first-order valence-electron chi connectivity index (χ1n) is 8.33. The Hall–Kier alpha value is -1.36. The molecule has 1 amide bonds. The number of nitrogens with zero attached hydrogens (tertiary/aromatic N) is 2. The lowest BCUT2D eigenvalue weighted by molar-refractivity contribution is -0.192. The third-order valence-electron chi connectivity index (χ3n) is 6.17. The lowest BCUT2D eigenvalue weighted by atomic mass is 9.51. The quantitative estimate of drug-likeness (QED) is 0.931. The van der Waals surface area contributed by atoms with E-state index in [1.807, 2.05) is 18.7 Å². The van der Waals surface area contributed by atoms with E-state index in [1.165, 1.54) is 0 Å². The van der Waals surface area contributed by atoms with E-state index >= 15 is 0 Å². The Labute approximate surface area is 131 Å². The summed E-state index contributed by atoms with van der Waals surface area (Å²) in [4.78, 5) is 14.4. The van der Waals surface area contributed by atoms with Gasteiger partial charge < -0.3 is 14.5 Å². The summed E-state index contributed by atoms with van der Waals surface area (Å²) in [6, 6.07) is 0. The molecule has 1 spiro atoms. The van der Waals surface area contributed by atoms with Crippen molar-refractivity contribution in [3.8, 4) is 0 Å². The zero-order valence-electron chi connectivity index (χ0n) is 13.8. The van der Waals surface area contributed by atoms with Gasteiger partial charge in [-0.15, -0.1) is 0 Å². The molecule has 2 fully saturated rings. The Balaban J connectivity index is 1.61. The molecule has 1 atom stereocenters. The number of likely N-dealkylation sites (tertiary alicyclic amines) is 1. The van der Waals surface area contributed by atoms with Crippen LogP contribution in [0.3, 0.4) is 0 Å². The van der Waals surface area contributed by atoms with Gasteiger partial charge >= 0.3 is 0 Å². The predicted octanol–water partition coefficient (Wildman–Crippen LogP) is 2.38. The van der Waals surface area contributed by atoms with Crippen LogP contribution in [0.1, 0.15) is 56.0 Å². The number of aliphatic hydroxyl groups is 1. The second kappa shape index (κ2) is 5.37. The number of amides is 1. The van der Waals surface area contributed by atoms with Gasteiger partial charge in [-0.25, -0.2) is 0 Å². The lowest BCUT2D eigenvalue weighted by Crippen LogP contribution is -2.61. The molecule has 5 nitrogen and oxygen atoms in total. The van der Waals surface area contributed by atoms with Crippen LogP contribution in [0.25, 0.3) is 0 Å². The summed E-state index contributed by atoms with van der Waals surface area (Å²) in [5.74, 6) is 0.877. The van der Waals surface area contributed by atoms with Crippen LogP contribution in [0.4, 0.5) is 0 Å². The minimum Gasteiger partial charge on any atom is -0.389 e. The SMILES string of the molecule is CCC1(O)CCC12CCN(C(=O)Cc1c(C)noc1C)CC2. The van der Waals surface area contributed by atoms with Gasteiger partial charge in [0, 0.05) is 24.1 Å². The first kappa shape index (κ1) is 15.5. The molecular formula is C17H26N2O3. The standard InChI is InChI=1S/C17H26N2O3/c1-4-17(21)6-5-16(17)7-9-19(10-8-16)15(20)11-14-12(2)18-22-13(14)3/h21H,4-11H2,1-3H3. The van der Waals surface area contributed by atoms with Gasteiger partial charge in [0.2, 0.25) is 5.91 Å². The fourth-order valence-corrected chi connectivity index (χ4v) is 4.24. The molecule has 1 aliphatic heterocycles. The molecule has 22 heavy (non-hydrogen) atoms. The normalized spacial score (nSPS) is 27.0. The molecule has 1 saturated heterocycles. The van der Waals surface area contributed by atoms with Gasteiger partial charge in [0.15, 0.2) is 0 Å². The summed E-state index contributed by atoms with van der Waals surface area (Å²) < 4.78 is 5.13. The van der Waals surface area contributed by atoms with Gasteiger partial charge in [0.05, 0.1) is 17.7 Å². The van der Waals surface area contributed by atoms with Gasteiger partial charge in [0.25, 0.3) is 0 Å². The number of carbonyl (C=O) groups is 1. The van der Waals surface area contributed by atoms with E-state index in [0.717, 1.165) is 62.2 Å². The summed E-state index contributed by atoms with van der Waals surface area (Å²) >= 11 is 0. The fourth-order valence-electron chi connectivity index (χ4n) is 4.24. The van der Waals surface area contributed by atoms with Gasteiger partial charge in [-0.2, -0.15) is 0 Å². The maximum Gasteiger partial charge on any atom is 0.227 e. The van der Waals surface area contributed by atoms with E-state index < -0.39 is 5.60 Å². The minimum atomic E-state index is -0.496. The van der Waals surface area contributed by atoms with Crippen LogP contribution in [0.15, 0.2) is 4.52 Å². The third-order valence-corrected chi connectivity index (χ3v) is 6.17. The molecule has 0 aromatic carbocycles. The highest BCUT2D eigenvalue weighted by Gasteiger charge is 2.57. The molecule has 1 aromatic heterocycles. The number of piperidine rings is 1. The molecule has 1 aliphatic carbocycles. The Bertz CT molecular complexity index is 549. The monoisotopic (exact) mass is 306 g/mol. The van der Waals surface area contributed by atoms with Crippen molar-refractivity contribution in [1.82, 2.24) is 10.1 Å². The van der Waals surface area contributed by atoms with E-state index in [2.05, 4.69) is 12.1 Å². The summed E-state index contributed by atoms with van der Waals surface area (Å²) in [6.45, 7) is 7.30. The highest BCUT2D eigenvalue weighted by molar-refractivity contribution is 5.79. The molecule has 1 unspecified atom stereocenters. The van der Waals surface area contributed by atoms with Crippen molar-refractivity contribution < 1.29 is 14.4 Å². The van der Waals surface area contributed by atoms with Gasteiger partial charge in [-0.3, -0.25) is 4.79 Å². The van der Waals surface area contributed by atoms with Crippen molar-refractivity contribution >= 4 is 5.91 Å². The summed E-state index contributed by atoms with van der Waals surface area (Å²) in [6.07, 6.45) is 5.04. The van der Waals surface area contributed by atoms with E-state index in [-0.39, 0.29) is 11.3 Å². The number of carbonyl (C=O) groups excluding carboxylic acids is 1. The maximum atomic E-state index is 12.5. The topological polar surface area (TPSA) is 66.6 Å². The largest absolute Gasteiger partial charge is 0.389 e. The molecule has 0 radical (unpaired) electrons. The van der Waals surface area contributed by atoms with E-state index in [0.29, 0.717) is 6.42 Å². The third kappa shape index (κ3) is 2.26. The Kier molecular flexibility index (Phi) is 3.79. The van der Waals surface area contributed by atoms with Gasteiger partial charge in [0.1, 0.15) is 5.76 Å². The second-order valence-corrected chi connectivity index (χ2v) is 7.03. The molecule has 122 valence electrons. The van der Waals surface area contributed by atoms with Crippen molar-refractivity contribution in [1.29, 1.82) is 0 Å². The first-order valence-corrected chi connectivity index (χ1v) is 8.33. The highest BCUT2D eigenvalue weighted by atomic mass is 16.5. The minimum absolute atomic E-state index is 0.0571. The maximum absolute atomic E-state index is 12.5. The van der Waals surface area contributed by atoms with Crippen molar-refractivity contribution in [2.24, 2.45) is 5.41 Å². The van der Waals surface area contributed by atoms with Crippen molar-refractivity contribution in [3.63, 3.8) is 0 Å². The van der Waals surface area contributed by atoms with E-state index in [4.69, 9.17) is 4.52 Å². The van der Waals surface area contributed by atoms with Crippen molar-refractivity contribution in [2.75, 3.05) is 13.1 Å². The number of hydrogen-bond acceptors (Lipinski definition) is 4. The molecule has 3 rings (SSSR count). The first-order chi connectivity index (χ1) is 10.4. The molecule has 5 heteroatoms. The van der Waals surface area contributed by atoms with Gasteiger partial charge in [-0.1, -0.05) is 12.1 Å². The van der Waals surface area contributed by atoms with Crippen LogP contribution in [0, 0.1) is 19.3 Å². The molecule has 2 heterocycles. The molecular weight excluding hydrogens is 280 g/mol. The molecule has 1 aromatic rings.